The molecule has 0 N–H and O–H groups in total. The van der Waals surface area contributed by atoms with Crippen LogP contribution in [0.15, 0.2) is 40.2 Å². The molecule has 0 atom stereocenters. The molecule has 0 radical (unpaired) electrons. The molecular formula is C13H10BrNO2S. The van der Waals surface area contributed by atoms with Gasteiger partial charge in [0.2, 0.25) is 0 Å². The normalized spacial score (nSPS) is 10.9. The van der Waals surface area contributed by atoms with Gasteiger partial charge in [-0.15, -0.1) is 11.3 Å². The Morgan fingerprint density at radius 3 is 3.17 bits per heavy atom. The van der Waals surface area contributed by atoms with E-state index in [1.54, 1.807) is 11.3 Å². The molecule has 0 bridgehead atoms. The van der Waals surface area contributed by atoms with Crippen molar-refractivity contribution in [3.05, 3.63) is 35.7 Å². The molecule has 2 aromatic heterocycles. The maximum Gasteiger partial charge on any atom is 0.178 e. The van der Waals surface area contributed by atoms with Gasteiger partial charge < -0.3 is 9.26 Å². The smallest absolute Gasteiger partial charge is 0.178 e. The largest absolute Gasteiger partial charge is 0.493 e. The van der Waals surface area contributed by atoms with Gasteiger partial charge in [-0.1, -0.05) is 33.2 Å². The predicted octanol–water partition coefficient (Wildman–Crippen LogP) is 4.33. The molecule has 0 saturated carbocycles. The first-order valence-electron chi connectivity index (χ1n) is 5.50. The molecule has 2 heterocycles. The lowest BCUT2D eigenvalue weighted by Gasteiger charge is -2.04. The van der Waals surface area contributed by atoms with Crippen LogP contribution in [0, 0.1) is 0 Å². The minimum Gasteiger partial charge on any atom is -0.493 e. The predicted molar refractivity (Wildman–Crippen MR) is 76.6 cm³/mol. The summed E-state index contributed by atoms with van der Waals surface area (Å²) in [4.78, 5) is 0. The van der Waals surface area contributed by atoms with E-state index in [1.165, 1.54) is 0 Å². The van der Waals surface area contributed by atoms with E-state index >= 15 is 0 Å². The van der Waals surface area contributed by atoms with Gasteiger partial charge in [-0.2, -0.15) is 0 Å². The average molecular weight is 324 g/mol. The molecule has 0 unspecified atom stereocenters. The number of benzene rings is 1. The summed E-state index contributed by atoms with van der Waals surface area (Å²) in [6, 6.07) is 9.84. The monoisotopic (exact) mass is 323 g/mol. The first-order valence-corrected chi connectivity index (χ1v) is 7.50. The Morgan fingerprint density at radius 2 is 2.28 bits per heavy atom. The number of nitrogens with zero attached hydrogens (tertiary/aromatic N) is 1. The molecule has 0 spiro atoms. The van der Waals surface area contributed by atoms with Crippen molar-refractivity contribution in [3.63, 3.8) is 0 Å². The van der Waals surface area contributed by atoms with E-state index in [1.807, 2.05) is 35.7 Å². The summed E-state index contributed by atoms with van der Waals surface area (Å²) in [6.07, 6.45) is 0. The van der Waals surface area contributed by atoms with E-state index in [4.69, 9.17) is 9.26 Å². The molecule has 3 aromatic rings. The van der Waals surface area contributed by atoms with Crippen molar-refractivity contribution in [1.29, 1.82) is 0 Å². The number of rotatable bonds is 4. The van der Waals surface area contributed by atoms with Crippen LogP contribution in [0.1, 0.15) is 0 Å². The van der Waals surface area contributed by atoms with E-state index < -0.39 is 0 Å². The topological polar surface area (TPSA) is 35.3 Å². The molecule has 1 aromatic carbocycles. The summed E-state index contributed by atoms with van der Waals surface area (Å²) in [5.41, 5.74) is 2.73. The zero-order chi connectivity index (χ0) is 12.4. The minimum absolute atomic E-state index is 0.649. The van der Waals surface area contributed by atoms with Crippen LogP contribution in [0.25, 0.3) is 21.5 Å². The van der Waals surface area contributed by atoms with Gasteiger partial charge in [0, 0.05) is 10.9 Å². The number of aromatic nitrogens is 1. The minimum atomic E-state index is 0.649. The van der Waals surface area contributed by atoms with Crippen molar-refractivity contribution in [1.82, 2.24) is 5.16 Å². The Morgan fingerprint density at radius 1 is 1.33 bits per heavy atom. The van der Waals surface area contributed by atoms with Gasteiger partial charge in [0.1, 0.15) is 16.1 Å². The Hall–Kier alpha value is -1.33. The maximum atomic E-state index is 5.59. The molecule has 0 amide bonds. The first-order chi connectivity index (χ1) is 8.88. The summed E-state index contributed by atoms with van der Waals surface area (Å²) < 4.78 is 11.9. The molecule has 92 valence electrons. The Labute approximate surface area is 116 Å². The van der Waals surface area contributed by atoms with Gasteiger partial charge in [-0.3, -0.25) is 0 Å². The lowest BCUT2D eigenvalue weighted by atomic mass is 10.1. The third kappa shape index (κ3) is 2.15. The van der Waals surface area contributed by atoms with E-state index in [0.29, 0.717) is 6.61 Å². The van der Waals surface area contributed by atoms with Gasteiger partial charge >= 0.3 is 0 Å². The van der Waals surface area contributed by atoms with E-state index in [2.05, 4.69) is 21.1 Å². The van der Waals surface area contributed by atoms with Gasteiger partial charge in [-0.05, 0) is 23.6 Å². The van der Waals surface area contributed by atoms with Crippen molar-refractivity contribution in [2.75, 3.05) is 11.9 Å². The van der Waals surface area contributed by atoms with Crippen molar-refractivity contribution >= 4 is 37.5 Å². The van der Waals surface area contributed by atoms with Crippen LogP contribution in [0.4, 0.5) is 0 Å². The van der Waals surface area contributed by atoms with Crippen LogP contribution < -0.4 is 4.74 Å². The molecule has 18 heavy (non-hydrogen) atoms. The van der Waals surface area contributed by atoms with Crippen LogP contribution >= 0.6 is 27.3 Å². The second kappa shape index (κ2) is 5.12. The third-order valence-corrected chi connectivity index (χ3v) is 3.76. The zero-order valence-corrected chi connectivity index (χ0v) is 11.8. The molecule has 0 aliphatic carbocycles. The molecule has 0 fully saturated rings. The zero-order valence-electron chi connectivity index (χ0n) is 9.43. The first kappa shape index (κ1) is 11.7. The summed E-state index contributed by atoms with van der Waals surface area (Å²) in [5, 5.41) is 6.94. The van der Waals surface area contributed by atoms with E-state index in [-0.39, 0.29) is 0 Å². The summed E-state index contributed by atoms with van der Waals surface area (Å²) in [7, 11) is 0. The average Bonchev–Trinajstić information content (AvgIpc) is 2.99. The molecule has 3 nitrogen and oxygen atoms in total. The van der Waals surface area contributed by atoms with Gasteiger partial charge in [0.25, 0.3) is 0 Å². The SMILES string of the molecule is BrCCOc1cccc(-c2noc3ccsc23)c1. The summed E-state index contributed by atoms with van der Waals surface area (Å²) in [6.45, 7) is 0.649. The third-order valence-electron chi connectivity index (χ3n) is 2.53. The fraction of sp³-hybridized carbons (Fsp3) is 0.154. The number of hydrogen-bond acceptors (Lipinski definition) is 4. The number of thiophene rings is 1. The summed E-state index contributed by atoms with van der Waals surface area (Å²) >= 11 is 4.98. The number of ether oxygens (including phenoxy) is 1. The summed E-state index contributed by atoms with van der Waals surface area (Å²) in [5.74, 6) is 0.847. The van der Waals surface area contributed by atoms with Crippen molar-refractivity contribution < 1.29 is 9.26 Å². The molecule has 0 saturated heterocycles. The van der Waals surface area contributed by atoms with Crippen LogP contribution in [-0.2, 0) is 0 Å². The molecule has 3 rings (SSSR count). The van der Waals surface area contributed by atoms with Gasteiger partial charge in [0.15, 0.2) is 5.58 Å². The van der Waals surface area contributed by atoms with Gasteiger partial charge in [-0.25, -0.2) is 0 Å². The molecule has 0 aliphatic rings. The number of alkyl halides is 1. The Kier molecular flexibility index (Phi) is 3.34. The fourth-order valence-corrected chi connectivity index (χ4v) is 2.73. The standard InChI is InChI=1S/C13H10BrNO2S/c14-5-6-16-10-3-1-2-9(8-10)12-13-11(17-15-12)4-7-18-13/h1-4,7-8H,5-6H2. The highest BCUT2D eigenvalue weighted by Gasteiger charge is 2.11. The quantitative estimate of drug-likeness (QED) is 0.670. The number of hydrogen-bond donors (Lipinski definition) is 0. The number of halogens is 1. The van der Waals surface area contributed by atoms with Crippen molar-refractivity contribution in [2.45, 2.75) is 0 Å². The second-order valence-corrected chi connectivity index (χ2v) is 5.42. The molecular weight excluding hydrogens is 314 g/mol. The maximum absolute atomic E-state index is 5.59. The lowest BCUT2D eigenvalue weighted by molar-refractivity contribution is 0.345. The Bertz CT molecular complexity index is 662. The highest BCUT2D eigenvalue weighted by molar-refractivity contribution is 9.09. The number of fused-ring (bicyclic) bond motifs is 1. The lowest BCUT2D eigenvalue weighted by Crippen LogP contribution is -1.97. The molecule has 0 aliphatic heterocycles. The van der Waals surface area contributed by atoms with Crippen molar-refractivity contribution in [2.24, 2.45) is 0 Å². The fourth-order valence-electron chi connectivity index (χ4n) is 1.75. The van der Waals surface area contributed by atoms with Crippen LogP contribution in [0.3, 0.4) is 0 Å². The van der Waals surface area contributed by atoms with E-state index in [9.17, 15) is 0 Å². The second-order valence-electron chi connectivity index (χ2n) is 3.71. The van der Waals surface area contributed by atoms with Gasteiger partial charge in [0.05, 0.1) is 6.61 Å². The van der Waals surface area contributed by atoms with Crippen LogP contribution in [0.2, 0.25) is 0 Å². The molecule has 5 heteroatoms. The van der Waals surface area contributed by atoms with Crippen LogP contribution in [-0.4, -0.2) is 17.1 Å². The van der Waals surface area contributed by atoms with Crippen molar-refractivity contribution in [3.8, 4) is 17.0 Å². The highest BCUT2D eigenvalue weighted by atomic mass is 79.9. The van der Waals surface area contributed by atoms with Crippen LogP contribution in [0.5, 0.6) is 5.75 Å². The van der Waals surface area contributed by atoms with E-state index in [0.717, 1.165) is 32.6 Å². The Balaban J connectivity index is 1.99. The highest BCUT2D eigenvalue weighted by Crippen LogP contribution is 2.33.